The molecule has 0 saturated heterocycles. The van der Waals surface area contributed by atoms with Crippen molar-refractivity contribution in [2.24, 2.45) is 56.2 Å². The van der Waals surface area contributed by atoms with Gasteiger partial charge in [-0.25, -0.2) is 0 Å². The number of rotatable bonds is 0. The molecule has 5 aliphatic rings. The molecular weight excluding hydrogens is 408 g/mol. The Morgan fingerprint density at radius 2 is 1.42 bits per heavy atom. The maximum absolute atomic E-state index is 13.6. The highest BCUT2D eigenvalue weighted by molar-refractivity contribution is 6.04. The van der Waals surface area contributed by atoms with Gasteiger partial charge in [0.25, 0.3) is 0 Å². The summed E-state index contributed by atoms with van der Waals surface area (Å²) < 4.78 is 0. The van der Waals surface area contributed by atoms with Crippen LogP contribution in [0, 0.1) is 56.2 Å². The van der Waals surface area contributed by atoms with Gasteiger partial charge in [-0.3, -0.25) is 9.59 Å². The molecule has 5 saturated carbocycles. The molecule has 0 heterocycles. The molecule has 0 aliphatic heterocycles. The largest absolute Gasteiger partial charge is 0.393 e. The molecule has 0 aromatic rings. The van der Waals surface area contributed by atoms with Crippen LogP contribution in [0.4, 0.5) is 0 Å². The summed E-state index contributed by atoms with van der Waals surface area (Å²) in [6, 6.07) is 0. The lowest BCUT2D eigenvalue weighted by atomic mass is 9.29. The number of hydrogen-bond acceptors (Lipinski definition) is 3. The van der Waals surface area contributed by atoms with E-state index in [1.165, 1.54) is 19.3 Å². The van der Waals surface area contributed by atoms with Gasteiger partial charge in [0.15, 0.2) is 0 Å². The van der Waals surface area contributed by atoms with E-state index in [0.717, 1.165) is 32.1 Å². The van der Waals surface area contributed by atoms with Gasteiger partial charge in [-0.2, -0.15) is 0 Å². The predicted octanol–water partition coefficient (Wildman–Crippen LogP) is 6.61. The van der Waals surface area contributed by atoms with E-state index in [9.17, 15) is 14.7 Å². The van der Waals surface area contributed by atoms with Crippen molar-refractivity contribution in [3.05, 3.63) is 0 Å². The average Bonchev–Trinajstić information content (AvgIpc) is 2.70. The maximum atomic E-state index is 13.6. The molecule has 1 N–H and O–H groups in total. The number of aliphatic hydroxyl groups excluding tert-OH is 1. The van der Waals surface area contributed by atoms with Gasteiger partial charge in [0, 0.05) is 17.3 Å². The van der Waals surface area contributed by atoms with E-state index in [4.69, 9.17) is 0 Å². The standard InChI is InChI=1S/C30H48O3/c1-18-19(31)15-20(32)24-27(18,5)10-9-21-28(24,6)13-14-29(7)22-16-25(2,3)11-12-26(22,4)17-23(33)30(21,29)8/h18,21-24,33H,9-17H2,1-8H3. The van der Waals surface area contributed by atoms with Crippen LogP contribution in [-0.2, 0) is 9.59 Å². The van der Waals surface area contributed by atoms with Crippen molar-refractivity contribution in [3.8, 4) is 0 Å². The van der Waals surface area contributed by atoms with Crippen molar-refractivity contribution in [2.45, 2.75) is 119 Å². The molecule has 5 fully saturated rings. The number of hydrogen-bond donors (Lipinski definition) is 1. The van der Waals surface area contributed by atoms with Gasteiger partial charge in [-0.05, 0) is 90.3 Å². The SMILES string of the molecule is CC1C(=O)CC(=O)C2C1(C)CCC1C2(C)CCC2(C)C3CC(C)(C)CCC3(C)CC(O)C12C. The second kappa shape index (κ2) is 6.74. The quantitative estimate of drug-likeness (QED) is 0.417. The van der Waals surface area contributed by atoms with Crippen molar-refractivity contribution in [3.63, 3.8) is 0 Å². The molecule has 5 aliphatic carbocycles. The van der Waals surface area contributed by atoms with Gasteiger partial charge in [-0.15, -0.1) is 0 Å². The van der Waals surface area contributed by atoms with E-state index in [2.05, 4.69) is 55.4 Å². The van der Waals surface area contributed by atoms with Crippen LogP contribution < -0.4 is 0 Å². The fourth-order valence-corrected chi connectivity index (χ4v) is 11.1. The zero-order valence-corrected chi connectivity index (χ0v) is 22.5. The van der Waals surface area contributed by atoms with Gasteiger partial charge < -0.3 is 5.11 Å². The van der Waals surface area contributed by atoms with E-state index in [0.29, 0.717) is 17.3 Å². The van der Waals surface area contributed by atoms with Crippen LogP contribution in [0.2, 0.25) is 0 Å². The molecule has 0 aromatic heterocycles. The zero-order valence-electron chi connectivity index (χ0n) is 22.5. The second-order valence-electron chi connectivity index (χ2n) is 15.4. The van der Waals surface area contributed by atoms with Crippen LogP contribution in [0.1, 0.15) is 113 Å². The summed E-state index contributed by atoms with van der Waals surface area (Å²) in [7, 11) is 0. The van der Waals surface area contributed by atoms with Crippen molar-refractivity contribution >= 4 is 11.6 Å². The fourth-order valence-electron chi connectivity index (χ4n) is 11.1. The zero-order chi connectivity index (χ0) is 24.4. The first-order valence-electron chi connectivity index (χ1n) is 13.8. The summed E-state index contributed by atoms with van der Waals surface area (Å²) in [4.78, 5) is 26.3. The molecule has 33 heavy (non-hydrogen) atoms. The highest BCUT2D eigenvalue weighted by Crippen LogP contribution is 2.78. The minimum Gasteiger partial charge on any atom is -0.393 e. The average molecular weight is 457 g/mol. The molecule has 0 aromatic carbocycles. The topological polar surface area (TPSA) is 54.4 Å². The van der Waals surface area contributed by atoms with E-state index in [-0.39, 0.29) is 63.0 Å². The molecule has 10 atom stereocenters. The third-order valence-corrected chi connectivity index (χ3v) is 13.5. The number of aliphatic hydroxyl groups is 1. The minimum absolute atomic E-state index is 0.0437. The first-order valence-corrected chi connectivity index (χ1v) is 13.8. The van der Waals surface area contributed by atoms with E-state index < -0.39 is 0 Å². The van der Waals surface area contributed by atoms with Crippen molar-refractivity contribution in [1.29, 1.82) is 0 Å². The third kappa shape index (κ3) is 2.78. The number of carbonyl (C=O) groups excluding carboxylic acids is 2. The van der Waals surface area contributed by atoms with Gasteiger partial charge >= 0.3 is 0 Å². The second-order valence-corrected chi connectivity index (χ2v) is 15.4. The number of carbonyl (C=O) groups is 2. The van der Waals surface area contributed by atoms with E-state index in [1.54, 1.807) is 0 Å². The van der Waals surface area contributed by atoms with Crippen LogP contribution in [-0.4, -0.2) is 22.8 Å². The fraction of sp³-hybridized carbons (Fsp3) is 0.933. The Kier molecular flexibility index (Phi) is 4.90. The van der Waals surface area contributed by atoms with E-state index in [1.807, 2.05) is 0 Å². The molecule has 0 spiro atoms. The highest BCUT2D eigenvalue weighted by atomic mass is 16.3. The van der Waals surface area contributed by atoms with Crippen LogP contribution in [0.5, 0.6) is 0 Å². The summed E-state index contributed by atoms with van der Waals surface area (Å²) in [6.07, 6.45) is 8.52. The lowest BCUT2D eigenvalue weighted by molar-refractivity contribution is -0.287. The number of fused-ring (bicyclic) bond motifs is 7. The maximum Gasteiger partial charge on any atom is 0.144 e. The van der Waals surface area contributed by atoms with Crippen LogP contribution in [0.25, 0.3) is 0 Å². The highest BCUT2D eigenvalue weighted by Gasteiger charge is 2.74. The third-order valence-electron chi connectivity index (χ3n) is 13.5. The van der Waals surface area contributed by atoms with Gasteiger partial charge in [-0.1, -0.05) is 55.4 Å². The molecule has 186 valence electrons. The molecular formula is C30H48O3. The Morgan fingerprint density at radius 1 is 0.758 bits per heavy atom. The van der Waals surface area contributed by atoms with Crippen LogP contribution in [0.3, 0.4) is 0 Å². The first-order chi connectivity index (χ1) is 15.1. The Morgan fingerprint density at radius 3 is 2.09 bits per heavy atom. The normalized spacial score (nSPS) is 58.0. The summed E-state index contributed by atoms with van der Waals surface area (Å²) >= 11 is 0. The minimum atomic E-state index is -0.323. The predicted molar refractivity (Wildman–Crippen MR) is 132 cm³/mol. The Labute approximate surface area is 201 Å². The Bertz CT molecular complexity index is 891. The Hall–Kier alpha value is -0.700. The summed E-state index contributed by atoms with van der Waals surface area (Å²) in [5.74, 6) is 1.18. The lowest BCUT2D eigenvalue weighted by Gasteiger charge is -2.75. The number of ketones is 2. The summed E-state index contributed by atoms with van der Waals surface area (Å²) in [5, 5.41) is 12.0. The molecule has 0 radical (unpaired) electrons. The summed E-state index contributed by atoms with van der Waals surface area (Å²) in [5.41, 5.74) is 0.0894. The summed E-state index contributed by atoms with van der Waals surface area (Å²) in [6.45, 7) is 18.9. The molecule has 3 nitrogen and oxygen atoms in total. The molecule has 0 bridgehead atoms. The smallest absolute Gasteiger partial charge is 0.144 e. The molecule has 3 heteroatoms. The van der Waals surface area contributed by atoms with Crippen LogP contribution in [0.15, 0.2) is 0 Å². The van der Waals surface area contributed by atoms with Gasteiger partial charge in [0.2, 0.25) is 0 Å². The van der Waals surface area contributed by atoms with Crippen molar-refractivity contribution in [2.75, 3.05) is 0 Å². The molecule has 10 unspecified atom stereocenters. The van der Waals surface area contributed by atoms with Crippen molar-refractivity contribution < 1.29 is 14.7 Å². The monoisotopic (exact) mass is 456 g/mol. The van der Waals surface area contributed by atoms with Crippen molar-refractivity contribution in [1.82, 2.24) is 0 Å². The Balaban J connectivity index is 1.61. The first kappa shape index (κ1) is 24.0. The van der Waals surface area contributed by atoms with Gasteiger partial charge in [0.1, 0.15) is 11.6 Å². The molecule has 0 amide bonds. The number of Topliss-reactive ketones (excluding diaryl/α,β-unsaturated/α-hetero) is 2. The van der Waals surface area contributed by atoms with E-state index >= 15 is 0 Å². The van der Waals surface area contributed by atoms with Crippen LogP contribution >= 0.6 is 0 Å². The lowest BCUT2D eigenvalue weighted by Crippen LogP contribution is -2.72. The molecule has 5 rings (SSSR count). The van der Waals surface area contributed by atoms with Gasteiger partial charge in [0.05, 0.1) is 12.5 Å².